The summed E-state index contributed by atoms with van der Waals surface area (Å²) < 4.78 is 5.00. The third-order valence-corrected chi connectivity index (χ3v) is 3.32. The van der Waals surface area contributed by atoms with E-state index in [-0.39, 0.29) is 26.3 Å². The molecule has 4 N–H and O–H groups in total. The average Bonchev–Trinajstić information content (AvgIpc) is 2.75. The fourth-order valence-electron chi connectivity index (χ4n) is 2.24. The standard InChI is InChI=1S/C10H13BN4O4/c12-5-11-15(2-1-8(13)14-10(15)18)9-3-6(17)7(4-16)19-9/h1-2,6-7,9,11,16-17H,3-4H2,(H-,13,14,18)/p+1/t6-,7+,9+,15?/m0/s1. The second-order valence-corrected chi connectivity index (χ2v) is 4.50. The van der Waals surface area contributed by atoms with Crippen molar-refractivity contribution in [2.75, 3.05) is 6.61 Å². The smallest absolute Gasteiger partial charge is 0.394 e. The van der Waals surface area contributed by atoms with Crippen LogP contribution in [0.5, 0.6) is 0 Å². The van der Waals surface area contributed by atoms with Gasteiger partial charge in [0.2, 0.25) is 0 Å². The minimum Gasteiger partial charge on any atom is -0.394 e. The van der Waals surface area contributed by atoms with Crippen LogP contribution in [0.2, 0.25) is 0 Å². The number of nitrogens with two attached hydrogens (primary N) is 1. The molecule has 0 radical (unpaired) electrons. The van der Waals surface area contributed by atoms with Crippen LogP contribution in [0.15, 0.2) is 17.3 Å². The molecule has 100 valence electrons. The molecular formula is C10H14BN4O4+. The number of aliphatic hydroxyl groups excluding tert-OH is 2. The minimum absolute atomic E-state index is 0.0638. The van der Waals surface area contributed by atoms with Gasteiger partial charge in [0.1, 0.15) is 11.9 Å². The van der Waals surface area contributed by atoms with E-state index in [4.69, 9.17) is 20.8 Å². The maximum absolute atomic E-state index is 12.1. The van der Waals surface area contributed by atoms with E-state index in [2.05, 4.69) is 4.99 Å². The summed E-state index contributed by atoms with van der Waals surface area (Å²) in [4.78, 5) is 15.7. The molecule has 0 aliphatic carbocycles. The molecule has 1 unspecified atom stereocenters. The fraction of sp³-hybridized carbons (Fsp3) is 0.500. The van der Waals surface area contributed by atoms with Crippen LogP contribution in [-0.4, -0.2) is 58.9 Å². The Morgan fingerprint density at radius 3 is 3.00 bits per heavy atom. The molecule has 4 atom stereocenters. The molecule has 0 aromatic rings. The molecule has 2 aliphatic rings. The number of nitrogens with zero attached hydrogens (tertiary/aromatic N) is 3. The molecule has 2 heterocycles. The number of ether oxygens (including phenoxy) is 1. The van der Waals surface area contributed by atoms with E-state index in [9.17, 15) is 9.90 Å². The summed E-state index contributed by atoms with van der Waals surface area (Å²) in [7, 11) is -0.179. The number of nitriles is 1. The first-order valence-electron chi connectivity index (χ1n) is 5.80. The van der Waals surface area contributed by atoms with Crippen molar-refractivity contribution in [1.82, 2.24) is 0 Å². The van der Waals surface area contributed by atoms with Crippen molar-refractivity contribution in [2.24, 2.45) is 10.7 Å². The van der Waals surface area contributed by atoms with Gasteiger partial charge in [0, 0.05) is 6.08 Å². The van der Waals surface area contributed by atoms with Gasteiger partial charge >= 0.3 is 13.4 Å². The summed E-state index contributed by atoms with van der Waals surface area (Å²) in [6, 6.07) is -0.614. The van der Waals surface area contributed by atoms with Crippen molar-refractivity contribution < 1.29 is 24.1 Å². The lowest BCUT2D eigenvalue weighted by Gasteiger charge is -2.34. The molecule has 0 bridgehead atoms. The largest absolute Gasteiger partial charge is 0.522 e. The quantitative estimate of drug-likeness (QED) is 0.511. The van der Waals surface area contributed by atoms with Gasteiger partial charge in [0.15, 0.2) is 6.23 Å². The van der Waals surface area contributed by atoms with E-state index in [1.54, 1.807) is 0 Å². The van der Waals surface area contributed by atoms with Crippen molar-refractivity contribution in [3.63, 3.8) is 0 Å². The number of amides is 2. The number of hydrogen-bond acceptors (Lipinski definition) is 6. The van der Waals surface area contributed by atoms with Gasteiger partial charge in [-0.1, -0.05) is 0 Å². The highest BCUT2D eigenvalue weighted by molar-refractivity contribution is 6.40. The molecular weight excluding hydrogens is 251 g/mol. The molecule has 0 aromatic carbocycles. The lowest BCUT2D eigenvalue weighted by molar-refractivity contribution is -0.742. The lowest BCUT2D eigenvalue weighted by Crippen LogP contribution is -2.58. The topological polar surface area (TPSA) is 129 Å². The van der Waals surface area contributed by atoms with E-state index in [0.717, 1.165) is 0 Å². The van der Waals surface area contributed by atoms with Crippen LogP contribution < -0.4 is 5.73 Å². The zero-order chi connectivity index (χ0) is 14.0. The number of carbonyl (C=O) groups excluding carboxylic acids is 1. The first-order valence-corrected chi connectivity index (χ1v) is 5.80. The Morgan fingerprint density at radius 2 is 2.47 bits per heavy atom. The summed E-state index contributed by atoms with van der Waals surface area (Å²) in [5.74, 6) is 1.98. The number of urea groups is 1. The van der Waals surface area contributed by atoms with E-state index < -0.39 is 28.9 Å². The van der Waals surface area contributed by atoms with Crippen LogP contribution >= 0.6 is 0 Å². The molecule has 1 fully saturated rings. The van der Waals surface area contributed by atoms with Crippen LogP contribution in [0, 0.1) is 11.2 Å². The number of hydrogen-bond donors (Lipinski definition) is 3. The molecule has 2 rings (SSSR count). The summed E-state index contributed by atoms with van der Waals surface area (Å²) in [5, 5.41) is 27.7. The molecule has 0 spiro atoms. The Kier molecular flexibility index (Phi) is 3.68. The molecule has 2 amide bonds. The van der Waals surface area contributed by atoms with Crippen LogP contribution in [0.1, 0.15) is 6.42 Å². The van der Waals surface area contributed by atoms with Gasteiger partial charge in [-0.2, -0.15) is 0 Å². The van der Waals surface area contributed by atoms with Crippen LogP contribution in [-0.2, 0) is 4.74 Å². The van der Waals surface area contributed by atoms with Gasteiger partial charge in [-0.25, -0.2) is 14.5 Å². The predicted octanol–water partition coefficient (Wildman–Crippen LogP) is -1.89. The zero-order valence-corrected chi connectivity index (χ0v) is 10.1. The maximum atomic E-state index is 12.1. The van der Waals surface area contributed by atoms with E-state index >= 15 is 0 Å². The Labute approximate surface area is 110 Å². The van der Waals surface area contributed by atoms with Crippen LogP contribution in [0.4, 0.5) is 4.79 Å². The van der Waals surface area contributed by atoms with Crippen molar-refractivity contribution in [3.8, 4) is 5.97 Å². The zero-order valence-electron chi connectivity index (χ0n) is 10.1. The van der Waals surface area contributed by atoms with Gasteiger partial charge in [0.25, 0.3) is 0 Å². The van der Waals surface area contributed by atoms with Gasteiger partial charge in [-0.3, -0.25) is 0 Å². The van der Waals surface area contributed by atoms with E-state index in [0.29, 0.717) is 0 Å². The molecule has 9 heteroatoms. The van der Waals surface area contributed by atoms with Crippen molar-refractivity contribution in [2.45, 2.75) is 24.9 Å². The maximum Gasteiger partial charge on any atom is 0.522 e. The number of amidine groups is 1. The van der Waals surface area contributed by atoms with Crippen molar-refractivity contribution >= 4 is 19.3 Å². The summed E-state index contributed by atoms with van der Waals surface area (Å²) in [6.07, 6.45) is 0.619. The van der Waals surface area contributed by atoms with Gasteiger partial charge in [-0.15, -0.1) is 4.99 Å². The molecule has 0 saturated carbocycles. The normalized spacial score (nSPS) is 37.8. The Bertz CT molecular complexity index is 488. The summed E-state index contributed by atoms with van der Waals surface area (Å²) in [6.45, 7) is -0.354. The first-order chi connectivity index (χ1) is 9.03. The summed E-state index contributed by atoms with van der Waals surface area (Å²) >= 11 is 0. The highest BCUT2D eigenvalue weighted by Gasteiger charge is 2.52. The fourth-order valence-corrected chi connectivity index (χ4v) is 2.24. The van der Waals surface area contributed by atoms with Crippen LogP contribution in [0.25, 0.3) is 0 Å². The second-order valence-electron chi connectivity index (χ2n) is 4.50. The highest BCUT2D eigenvalue weighted by Crippen LogP contribution is 2.30. The molecule has 0 aromatic heterocycles. The second kappa shape index (κ2) is 5.10. The third-order valence-electron chi connectivity index (χ3n) is 3.32. The van der Waals surface area contributed by atoms with Crippen molar-refractivity contribution in [1.29, 1.82) is 5.26 Å². The number of quaternary nitrogens is 1. The van der Waals surface area contributed by atoms with E-state index in [1.807, 2.05) is 5.97 Å². The SMILES string of the molecule is N#CB[N+]1([C@H]2C[C@H](O)[C@@H](CO)O2)C=CC(N)=NC1=O. The summed E-state index contributed by atoms with van der Waals surface area (Å²) in [5.41, 5.74) is 5.44. The predicted molar refractivity (Wildman–Crippen MR) is 65.6 cm³/mol. The number of aliphatic imine (C=N–C) groups is 1. The monoisotopic (exact) mass is 265 g/mol. The number of aliphatic hydroxyl groups is 2. The number of rotatable bonds is 3. The Balaban J connectivity index is 2.30. The molecule has 1 saturated heterocycles. The van der Waals surface area contributed by atoms with E-state index in [1.165, 1.54) is 12.3 Å². The average molecular weight is 265 g/mol. The minimum atomic E-state index is -0.881. The van der Waals surface area contributed by atoms with Crippen molar-refractivity contribution in [3.05, 3.63) is 12.3 Å². The van der Waals surface area contributed by atoms with Gasteiger partial charge in [0.05, 0.1) is 31.3 Å². The van der Waals surface area contributed by atoms with Gasteiger partial charge in [-0.05, 0) is 0 Å². The van der Waals surface area contributed by atoms with Gasteiger partial charge < -0.3 is 20.7 Å². The molecule has 8 nitrogen and oxygen atoms in total. The first kappa shape index (κ1) is 13.7. The molecule has 19 heavy (non-hydrogen) atoms. The molecule has 2 aliphatic heterocycles. The lowest BCUT2D eigenvalue weighted by atomic mass is 9.88. The Hall–Kier alpha value is -1.73. The Morgan fingerprint density at radius 1 is 1.74 bits per heavy atom. The highest BCUT2D eigenvalue weighted by atomic mass is 16.5. The van der Waals surface area contributed by atoms with Crippen LogP contribution in [0.3, 0.4) is 0 Å². The third kappa shape index (κ3) is 2.26. The number of carbonyl (C=O) groups is 1.